The number of carbonyl (C=O) groups is 1. The van der Waals surface area contributed by atoms with Gasteiger partial charge in [0.2, 0.25) is 5.91 Å². The highest BCUT2D eigenvalue weighted by Gasteiger charge is 2.17. The maximum absolute atomic E-state index is 11.9. The van der Waals surface area contributed by atoms with Crippen LogP contribution in [0.2, 0.25) is 0 Å². The smallest absolute Gasteiger partial charge is 0.225 e. The van der Waals surface area contributed by atoms with Gasteiger partial charge in [0.15, 0.2) is 0 Å². The zero-order valence-electron chi connectivity index (χ0n) is 11.3. The van der Waals surface area contributed by atoms with Crippen molar-refractivity contribution < 1.29 is 4.79 Å². The van der Waals surface area contributed by atoms with Gasteiger partial charge in [-0.3, -0.25) is 4.79 Å². The second-order valence-electron chi connectivity index (χ2n) is 4.91. The molecule has 0 aromatic heterocycles. The van der Waals surface area contributed by atoms with Gasteiger partial charge in [-0.2, -0.15) is 11.8 Å². The molecule has 0 aliphatic carbocycles. The summed E-state index contributed by atoms with van der Waals surface area (Å²) < 4.78 is 0. The number of benzene rings is 1. The Balaban J connectivity index is 1.75. The summed E-state index contributed by atoms with van der Waals surface area (Å²) in [6.45, 7) is 5.24. The highest BCUT2D eigenvalue weighted by Crippen LogP contribution is 2.18. The van der Waals surface area contributed by atoms with Crippen molar-refractivity contribution in [2.75, 3.05) is 36.4 Å². The maximum atomic E-state index is 11.9. The number of anilines is 2. The Labute approximate surface area is 118 Å². The SMILES string of the molecule is CC1CN(CCC(=O)Nc2cccc(N)c2)CCS1. The van der Waals surface area contributed by atoms with Gasteiger partial charge in [0, 0.05) is 48.4 Å². The number of hydrogen-bond donors (Lipinski definition) is 2. The number of nitrogen functional groups attached to an aromatic ring is 1. The first kappa shape index (κ1) is 14.2. The Morgan fingerprint density at radius 3 is 3.16 bits per heavy atom. The quantitative estimate of drug-likeness (QED) is 0.828. The van der Waals surface area contributed by atoms with Crippen LogP contribution in [0.1, 0.15) is 13.3 Å². The molecule has 0 radical (unpaired) electrons. The fraction of sp³-hybridized carbons (Fsp3) is 0.500. The van der Waals surface area contributed by atoms with Crippen LogP contribution in [0.4, 0.5) is 11.4 Å². The number of hydrogen-bond acceptors (Lipinski definition) is 4. The Kier molecular flexibility index (Phi) is 5.10. The molecular weight excluding hydrogens is 258 g/mol. The Bertz CT molecular complexity index is 438. The van der Waals surface area contributed by atoms with E-state index in [1.807, 2.05) is 30.0 Å². The van der Waals surface area contributed by atoms with Crippen molar-refractivity contribution in [3.63, 3.8) is 0 Å². The van der Waals surface area contributed by atoms with Crippen LogP contribution < -0.4 is 11.1 Å². The summed E-state index contributed by atoms with van der Waals surface area (Å²) in [6.07, 6.45) is 0.534. The molecule has 1 atom stereocenters. The van der Waals surface area contributed by atoms with Gasteiger partial charge >= 0.3 is 0 Å². The molecule has 1 unspecified atom stereocenters. The third-order valence-corrected chi connectivity index (χ3v) is 4.29. The van der Waals surface area contributed by atoms with E-state index in [4.69, 9.17) is 5.73 Å². The fourth-order valence-electron chi connectivity index (χ4n) is 2.19. The molecule has 19 heavy (non-hydrogen) atoms. The second-order valence-corrected chi connectivity index (χ2v) is 6.45. The standard InChI is InChI=1S/C14H21N3OS/c1-11-10-17(7-8-19-11)6-5-14(18)16-13-4-2-3-12(15)9-13/h2-4,9,11H,5-8,10,15H2,1H3,(H,16,18). The average Bonchev–Trinajstić information content (AvgIpc) is 2.36. The predicted molar refractivity (Wildman–Crippen MR) is 82.5 cm³/mol. The summed E-state index contributed by atoms with van der Waals surface area (Å²) in [4.78, 5) is 14.2. The maximum Gasteiger partial charge on any atom is 0.225 e. The number of carbonyl (C=O) groups excluding carboxylic acids is 1. The summed E-state index contributed by atoms with van der Waals surface area (Å²) in [5.74, 6) is 1.22. The van der Waals surface area contributed by atoms with Gasteiger partial charge in [0.1, 0.15) is 0 Å². The zero-order valence-corrected chi connectivity index (χ0v) is 12.1. The monoisotopic (exact) mass is 279 g/mol. The molecule has 1 amide bonds. The molecule has 0 bridgehead atoms. The normalized spacial score (nSPS) is 20.2. The van der Waals surface area contributed by atoms with E-state index in [0.717, 1.165) is 31.1 Å². The molecule has 4 nitrogen and oxygen atoms in total. The largest absolute Gasteiger partial charge is 0.399 e. The third-order valence-electron chi connectivity index (χ3n) is 3.15. The molecule has 1 fully saturated rings. The predicted octanol–water partition coefficient (Wildman–Crippen LogP) is 2.03. The van der Waals surface area contributed by atoms with Gasteiger partial charge < -0.3 is 16.0 Å². The van der Waals surface area contributed by atoms with Crippen LogP contribution in [0, 0.1) is 0 Å². The number of nitrogens with one attached hydrogen (secondary N) is 1. The summed E-state index contributed by atoms with van der Waals surface area (Å²) in [6, 6.07) is 7.28. The molecule has 2 rings (SSSR count). The van der Waals surface area contributed by atoms with Crippen LogP contribution >= 0.6 is 11.8 Å². The van der Waals surface area contributed by atoms with Crippen molar-refractivity contribution in [3.05, 3.63) is 24.3 Å². The van der Waals surface area contributed by atoms with E-state index >= 15 is 0 Å². The third kappa shape index (κ3) is 4.76. The topological polar surface area (TPSA) is 58.4 Å². The Morgan fingerprint density at radius 1 is 1.58 bits per heavy atom. The van der Waals surface area contributed by atoms with Gasteiger partial charge in [-0.15, -0.1) is 0 Å². The molecule has 0 spiro atoms. The molecule has 1 aromatic carbocycles. The van der Waals surface area contributed by atoms with Crippen LogP contribution in [0.5, 0.6) is 0 Å². The Morgan fingerprint density at radius 2 is 2.42 bits per heavy atom. The molecule has 1 aliphatic heterocycles. The van der Waals surface area contributed by atoms with E-state index < -0.39 is 0 Å². The van der Waals surface area contributed by atoms with Crippen LogP contribution in [0.25, 0.3) is 0 Å². The number of nitrogens with zero attached hydrogens (tertiary/aromatic N) is 1. The first-order valence-electron chi connectivity index (χ1n) is 6.63. The highest BCUT2D eigenvalue weighted by atomic mass is 32.2. The lowest BCUT2D eigenvalue weighted by Gasteiger charge is -2.30. The van der Waals surface area contributed by atoms with Crippen molar-refractivity contribution in [2.45, 2.75) is 18.6 Å². The molecule has 104 valence electrons. The fourth-order valence-corrected chi connectivity index (χ4v) is 3.28. The number of rotatable bonds is 4. The van der Waals surface area contributed by atoms with E-state index in [-0.39, 0.29) is 5.91 Å². The van der Waals surface area contributed by atoms with E-state index in [0.29, 0.717) is 17.4 Å². The Hall–Kier alpha value is -1.20. The second kappa shape index (κ2) is 6.82. The molecule has 1 aromatic rings. The number of thioether (sulfide) groups is 1. The van der Waals surface area contributed by atoms with E-state index in [1.165, 1.54) is 0 Å². The van der Waals surface area contributed by atoms with Crippen LogP contribution in [-0.4, -0.2) is 41.4 Å². The van der Waals surface area contributed by atoms with Crippen LogP contribution in [0.3, 0.4) is 0 Å². The van der Waals surface area contributed by atoms with Crippen LogP contribution in [0.15, 0.2) is 24.3 Å². The summed E-state index contributed by atoms with van der Waals surface area (Å²) >= 11 is 2.00. The molecule has 1 saturated heterocycles. The first-order valence-corrected chi connectivity index (χ1v) is 7.68. The lowest BCUT2D eigenvalue weighted by molar-refractivity contribution is -0.116. The van der Waals surface area contributed by atoms with Crippen molar-refractivity contribution in [2.24, 2.45) is 0 Å². The number of amides is 1. The van der Waals surface area contributed by atoms with Gasteiger partial charge in [-0.1, -0.05) is 13.0 Å². The average molecular weight is 279 g/mol. The van der Waals surface area contributed by atoms with Gasteiger partial charge in [-0.25, -0.2) is 0 Å². The lowest BCUT2D eigenvalue weighted by Crippen LogP contribution is -2.38. The van der Waals surface area contributed by atoms with Crippen molar-refractivity contribution in [1.82, 2.24) is 4.90 Å². The molecule has 0 saturated carbocycles. The number of nitrogens with two attached hydrogens (primary N) is 1. The summed E-state index contributed by atoms with van der Waals surface area (Å²) in [5.41, 5.74) is 7.12. The van der Waals surface area contributed by atoms with E-state index in [9.17, 15) is 4.79 Å². The van der Waals surface area contributed by atoms with E-state index in [2.05, 4.69) is 17.1 Å². The molecular formula is C14H21N3OS. The molecule has 1 heterocycles. The minimum atomic E-state index is 0.0523. The zero-order chi connectivity index (χ0) is 13.7. The molecule has 1 aliphatic rings. The van der Waals surface area contributed by atoms with Crippen molar-refractivity contribution >= 4 is 29.0 Å². The minimum Gasteiger partial charge on any atom is -0.399 e. The van der Waals surface area contributed by atoms with E-state index in [1.54, 1.807) is 6.07 Å². The summed E-state index contributed by atoms with van der Waals surface area (Å²) in [7, 11) is 0. The summed E-state index contributed by atoms with van der Waals surface area (Å²) in [5, 5.41) is 3.55. The van der Waals surface area contributed by atoms with Gasteiger partial charge in [0.25, 0.3) is 0 Å². The van der Waals surface area contributed by atoms with Crippen LogP contribution in [-0.2, 0) is 4.79 Å². The molecule has 3 N–H and O–H groups in total. The van der Waals surface area contributed by atoms with Gasteiger partial charge in [-0.05, 0) is 18.2 Å². The lowest BCUT2D eigenvalue weighted by atomic mass is 10.2. The highest BCUT2D eigenvalue weighted by molar-refractivity contribution is 7.99. The minimum absolute atomic E-state index is 0.0523. The van der Waals surface area contributed by atoms with Crippen molar-refractivity contribution in [1.29, 1.82) is 0 Å². The van der Waals surface area contributed by atoms with Crippen molar-refractivity contribution in [3.8, 4) is 0 Å². The van der Waals surface area contributed by atoms with Gasteiger partial charge in [0.05, 0.1) is 0 Å². The first-order chi connectivity index (χ1) is 9.13. The molecule has 5 heteroatoms.